The minimum absolute atomic E-state index is 0.603. The first-order valence-electron chi connectivity index (χ1n) is 11.9. The van der Waals surface area contributed by atoms with E-state index in [1.807, 2.05) is 62.4 Å². The molecule has 0 saturated carbocycles. The Kier molecular flexibility index (Phi) is 7.51. The molecular weight excluding hydrogens is 492 g/mol. The summed E-state index contributed by atoms with van der Waals surface area (Å²) in [7, 11) is 0. The van der Waals surface area contributed by atoms with Crippen LogP contribution in [0.1, 0.15) is 36.1 Å². The molecule has 2 aliphatic carbocycles. The predicted molar refractivity (Wildman–Crippen MR) is 145 cm³/mol. The average molecular weight is 515 g/mol. The van der Waals surface area contributed by atoms with E-state index in [-0.39, 0.29) is 0 Å². The van der Waals surface area contributed by atoms with Gasteiger partial charge in [0.05, 0.1) is 0 Å². The van der Waals surface area contributed by atoms with Gasteiger partial charge in [0.1, 0.15) is 0 Å². The summed E-state index contributed by atoms with van der Waals surface area (Å²) in [6, 6.07) is 25.6. The Labute approximate surface area is 224 Å². The first kappa shape index (κ1) is 26.7. The van der Waals surface area contributed by atoms with Gasteiger partial charge in [0, 0.05) is 22.1 Å². The number of aliphatic imine (C=N–C) groups is 4. The lowest BCUT2D eigenvalue weighted by atomic mass is 9.62. The molecule has 0 atom stereocenters. The van der Waals surface area contributed by atoms with Gasteiger partial charge in [0.15, 0.2) is 0 Å². The van der Waals surface area contributed by atoms with E-state index in [1.165, 1.54) is 12.2 Å². The van der Waals surface area contributed by atoms with Crippen molar-refractivity contribution in [2.45, 2.75) is 25.2 Å². The van der Waals surface area contributed by atoms with Crippen LogP contribution < -0.4 is 0 Å². The van der Waals surface area contributed by atoms with Crippen molar-refractivity contribution < 1.29 is 19.2 Å². The lowest BCUT2D eigenvalue weighted by Gasteiger charge is -2.46. The standard InChI is InChI=1S/C16H12N2O2.C15H10N2O2/c1-15(2)8-7-13-11-5-3-4-6-12(11)14(13)16(15,17-9-19)18-10-20;18-11-16-15(17-12-19,13-7-3-1-4-8-13)14-9-5-2-6-10-14/h3-8H,1-2H3;1-10H. The minimum atomic E-state index is -1.41. The second-order valence-electron chi connectivity index (χ2n) is 9.28. The molecule has 3 aromatic carbocycles. The number of isocyanates is 4. The van der Waals surface area contributed by atoms with Gasteiger partial charge >= 0.3 is 0 Å². The molecule has 2 aliphatic rings. The predicted octanol–water partition coefficient (Wildman–Crippen LogP) is 5.43. The van der Waals surface area contributed by atoms with Crippen molar-refractivity contribution in [3.8, 4) is 0 Å². The fourth-order valence-electron chi connectivity index (χ4n) is 4.91. The van der Waals surface area contributed by atoms with Gasteiger partial charge in [-0.25, -0.2) is 19.2 Å². The highest BCUT2D eigenvalue weighted by molar-refractivity contribution is 6.12. The van der Waals surface area contributed by atoms with E-state index in [1.54, 1.807) is 60.7 Å². The molecule has 0 N–H and O–H groups in total. The van der Waals surface area contributed by atoms with Crippen LogP contribution in [0.5, 0.6) is 0 Å². The van der Waals surface area contributed by atoms with Crippen molar-refractivity contribution in [1.29, 1.82) is 0 Å². The third-order valence-corrected chi connectivity index (χ3v) is 6.85. The van der Waals surface area contributed by atoms with Crippen LogP contribution in [0.2, 0.25) is 0 Å². The summed E-state index contributed by atoms with van der Waals surface area (Å²) in [4.78, 5) is 58.6. The molecular formula is C31H22N4O4. The molecule has 190 valence electrons. The molecule has 0 heterocycles. The van der Waals surface area contributed by atoms with Gasteiger partial charge in [0.2, 0.25) is 35.6 Å². The van der Waals surface area contributed by atoms with Crippen LogP contribution in [0.25, 0.3) is 11.1 Å². The molecule has 0 radical (unpaired) electrons. The molecule has 0 unspecified atom stereocenters. The SMILES string of the molecule is CC1(C)C=CC2=C(c3ccccc32)C1(N=C=O)N=C=O.O=C=NC(N=C=O)(c1ccccc1)c1ccccc1. The van der Waals surface area contributed by atoms with Gasteiger partial charge in [-0.1, -0.05) is 111 Å². The molecule has 0 saturated heterocycles. The molecule has 0 aromatic heterocycles. The van der Waals surface area contributed by atoms with Gasteiger partial charge < -0.3 is 0 Å². The second kappa shape index (κ2) is 11.0. The zero-order valence-corrected chi connectivity index (χ0v) is 21.2. The molecule has 0 spiro atoms. The van der Waals surface area contributed by atoms with E-state index in [9.17, 15) is 19.2 Å². The van der Waals surface area contributed by atoms with Crippen molar-refractivity contribution in [2.24, 2.45) is 25.4 Å². The van der Waals surface area contributed by atoms with Crippen LogP contribution in [0, 0.1) is 5.41 Å². The molecule has 8 heteroatoms. The summed E-state index contributed by atoms with van der Waals surface area (Å²) in [6.07, 6.45) is 10.0. The number of hydrogen-bond acceptors (Lipinski definition) is 8. The Balaban J connectivity index is 0.000000181. The van der Waals surface area contributed by atoms with Crippen LogP contribution in [0.3, 0.4) is 0 Å². The van der Waals surface area contributed by atoms with Crippen LogP contribution in [0.15, 0.2) is 117 Å². The van der Waals surface area contributed by atoms with Crippen LogP contribution in [-0.4, -0.2) is 30.0 Å². The van der Waals surface area contributed by atoms with E-state index in [0.717, 1.165) is 22.3 Å². The van der Waals surface area contributed by atoms with E-state index < -0.39 is 16.7 Å². The van der Waals surface area contributed by atoms with Crippen LogP contribution >= 0.6 is 0 Å². The van der Waals surface area contributed by atoms with Crippen molar-refractivity contribution in [3.63, 3.8) is 0 Å². The summed E-state index contributed by atoms with van der Waals surface area (Å²) in [5, 5.41) is 0. The van der Waals surface area contributed by atoms with Gasteiger partial charge in [-0.2, -0.15) is 20.0 Å². The number of hydrogen-bond donors (Lipinski definition) is 0. The quantitative estimate of drug-likeness (QED) is 0.322. The highest BCUT2D eigenvalue weighted by Gasteiger charge is 2.54. The molecule has 0 bridgehead atoms. The summed E-state index contributed by atoms with van der Waals surface area (Å²) in [5.74, 6) is 0. The highest BCUT2D eigenvalue weighted by atomic mass is 16.1. The maximum atomic E-state index is 10.9. The van der Waals surface area contributed by atoms with E-state index in [0.29, 0.717) is 11.1 Å². The summed E-state index contributed by atoms with van der Waals surface area (Å²) >= 11 is 0. The van der Waals surface area contributed by atoms with E-state index >= 15 is 0 Å². The molecule has 0 fully saturated rings. The van der Waals surface area contributed by atoms with Crippen molar-refractivity contribution in [2.75, 3.05) is 0 Å². The molecule has 3 aromatic rings. The van der Waals surface area contributed by atoms with Gasteiger partial charge in [-0.3, -0.25) is 0 Å². The van der Waals surface area contributed by atoms with Gasteiger partial charge in [0.25, 0.3) is 0 Å². The Morgan fingerprint density at radius 2 is 1.08 bits per heavy atom. The van der Waals surface area contributed by atoms with Crippen molar-refractivity contribution in [1.82, 2.24) is 0 Å². The highest BCUT2D eigenvalue weighted by Crippen LogP contribution is 2.58. The summed E-state index contributed by atoms with van der Waals surface area (Å²) in [5.41, 5.74) is 1.75. The van der Waals surface area contributed by atoms with Crippen LogP contribution in [-0.2, 0) is 24.8 Å². The van der Waals surface area contributed by atoms with Crippen molar-refractivity contribution >= 4 is 35.5 Å². The molecule has 39 heavy (non-hydrogen) atoms. The fraction of sp³-hybridized carbons (Fsp3) is 0.161. The van der Waals surface area contributed by atoms with E-state index in [4.69, 9.17) is 0 Å². The normalized spacial score (nSPS) is 17.6. The topological polar surface area (TPSA) is 118 Å². The first-order valence-corrected chi connectivity index (χ1v) is 11.9. The number of allylic oxidation sites excluding steroid dienone is 2. The molecule has 5 rings (SSSR count). The van der Waals surface area contributed by atoms with Gasteiger partial charge in [-0.15, -0.1) is 0 Å². The number of carbonyl (C=O) groups excluding carboxylic acids is 4. The largest absolute Gasteiger partial charge is 0.238 e. The zero-order chi connectivity index (χ0) is 27.9. The fourth-order valence-corrected chi connectivity index (χ4v) is 4.91. The third kappa shape index (κ3) is 4.49. The van der Waals surface area contributed by atoms with E-state index in [2.05, 4.69) is 20.0 Å². The maximum absolute atomic E-state index is 10.9. The molecule has 0 amide bonds. The summed E-state index contributed by atoms with van der Waals surface area (Å²) in [6.45, 7) is 3.77. The Morgan fingerprint density at radius 1 is 0.615 bits per heavy atom. The molecule has 8 nitrogen and oxygen atoms in total. The smallest absolute Gasteiger partial charge is 0.211 e. The number of benzene rings is 3. The van der Waals surface area contributed by atoms with Gasteiger partial charge in [-0.05, 0) is 16.7 Å². The Morgan fingerprint density at radius 3 is 1.54 bits per heavy atom. The number of nitrogens with zero attached hydrogens (tertiary/aromatic N) is 4. The average Bonchev–Trinajstić information content (AvgIpc) is 2.94. The Hall–Kier alpha value is -5.34. The maximum Gasteiger partial charge on any atom is 0.238 e. The lowest BCUT2D eigenvalue weighted by Crippen LogP contribution is -2.45. The zero-order valence-electron chi connectivity index (χ0n) is 21.2. The monoisotopic (exact) mass is 514 g/mol. The molecule has 0 aliphatic heterocycles. The van der Waals surface area contributed by atoms with Crippen LogP contribution in [0.4, 0.5) is 0 Å². The number of fused-ring (bicyclic) bond motifs is 3. The first-order chi connectivity index (χ1) is 18.9. The summed E-state index contributed by atoms with van der Waals surface area (Å²) < 4.78 is 0. The minimum Gasteiger partial charge on any atom is -0.211 e. The van der Waals surface area contributed by atoms with Crippen molar-refractivity contribution in [3.05, 3.63) is 119 Å². The number of rotatable bonds is 6. The third-order valence-electron chi connectivity index (χ3n) is 6.85. The second-order valence-corrected chi connectivity index (χ2v) is 9.28. The lowest BCUT2D eigenvalue weighted by molar-refractivity contribution is 0.303. The Bertz CT molecular complexity index is 1570.